The van der Waals surface area contributed by atoms with Crippen molar-refractivity contribution in [2.24, 2.45) is 0 Å². The summed E-state index contributed by atoms with van der Waals surface area (Å²) in [6, 6.07) is 15.4. The Morgan fingerprint density at radius 3 is 2.50 bits per heavy atom. The van der Waals surface area contributed by atoms with Crippen LogP contribution in [-0.2, 0) is 11.3 Å². The number of anilines is 1. The molecule has 0 saturated heterocycles. The van der Waals surface area contributed by atoms with Gasteiger partial charge in [0.1, 0.15) is 0 Å². The van der Waals surface area contributed by atoms with Gasteiger partial charge in [-0.1, -0.05) is 34.1 Å². The van der Waals surface area contributed by atoms with Gasteiger partial charge in [-0.15, -0.1) is 0 Å². The van der Waals surface area contributed by atoms with Crippen LogP contribution in [0.5, 0.6) is 0 Å². The van der Waals surface area contributed by atoms with Crippen molar-refractivity contribution in [2.75, 3.05) is 11.9 Å². The van der Waals surface area contributed by atoms with Gasteiger partial charge in [0, 0.05) is 16.7 Å². The second-order valence-corrected chi connectivity index (χ2v) is 5.10. The first-order chi connectivity index (χ1) is 9.70. The highest BCUT2D eigenvalue weighted by molar-refractivity contribution is 9.10. The van der Waals surface area contributed by atoms with Gasteiger partial charge < -0.3 is 10.1 Å². The van der Waals surface area contributed by atoms with Crippen molar-refractivity contribution in [3.05, 3.63) is 64.1 Å². The molecule has 0 amide bonds. The number of carbonyl (C=O) groups excluding carboxylic acids is 1. The summed E-state index contributed by atoms with van der Waals surface area (Å²) >= 11 is 3.52. The zero-order valence-corrected chi connectivity index (χ0v) is 12.8. The minimum Gasteiger partial charge on any atom is -0.462 e. The molecule has 2 aromatic carbocycles. The lowest BCUT2D eigenvalue weighted by Crippen LogP contribution is -2.05. The summed E-state index contributed by atoms with van der Waals surface area (Å²) in [7, 11) is 0. The monoisotopic (exact) mass is 333 g/mol. The Hall–Kier alpha value is -1.81. The lowest BCUT2D eigenvalue weighted by atomic mass is 10.2. The van der Waals surface area contributed by atoms with Crippen molar-refractivity contribution < 1.29 is 9.53 Å². The number of benzene rings is 2. The third-order valence-corrected chi connectivity index (χ3v) is 3.61. The van der Waals surface area contributed by atoms with E-state index >= 15 is 0 Å². The Kier molecular flexibility index (Phi) is 5.18. The van der Waals surface area contributed by atoms with E-state index in [-0.39, 0.29) is 5.97 Å². The van der Waals surface area contributed by atoms with Gasteiger partial charge in [-0.3, -0.25) is 0 Å². The van der Waals surface area contributed by atoms with E-state index in [1.54, 1.807) is 19.1 Å². The highest BCUT2D eigenvalue weighted by Crippen LogP contribution is 2.18. The molecule has 104 valence electrons. The Morgan fingerprint density at radius 2 is 1.85 bits per heavy atom. The summed E-state index contributed by atoms with van der Waals surface area (Å²) in [5, 5.41) is 3.32. The van der Waals surface area contributed by atoms with E-state index in [1.165, 1.54) is 5.56 Å². The van der Waals surface area contributed by atoms with Gasteiger partial charge in [-0.2, -0.15) is 0 Å². The normalized spacial score (nSPS) is 10.1. The van der Waals surface area contributed by atoms with E-state index in [0.29, 0.717) is 12.2 Å². The van der Waals surface area contributed by atoms with Crippen LogP contribution in [-0.4, -0.2) is 12.6 Å². The predicted octanol–water partition coefficient (Wildman–Crippen LogP) is 4.24. The van der Waals surface area contributed by atoms with Crippen molar-refractivity contribution in [1.82, 2.24) is 0 Å². The Morgan fingerprint density at radius 1 is 1.15 bits per heavy atom. The van der Waals surface area contributed by atoms with E-state index in [0.717, 1.165) is 16.7 Å². The van der Waals surface area contributed by atoms with Crippen molar-refractivity contribution in [3.63, 3.8) is 0 Å². The second kappa shape index (κ2) is 7.10. The average molecular weight is 334 g/mol. The molecule has 0 fully saturated rings. The van der Waals surface area contributed by atoms with Crippen molar-refractivity contribution >= 4 is 27.6 Å². The molecule has 0 saturated carbocycles. The van der Waals surface area contributed by atoms with Crippen LogP contribution in [0.2, 0.25) is 0 Å². The molecular formula is C16H16BrNO2. The maximum absolute atomic E-state index is 11.5. The summed E-state index contributed by atoms with van der Waals surface area (Å²) in [5.41, 5.74) is 2.72. The van der Waals surface area contributed by atoms with Crippen LogP contribution >= 0.6 is 15.9 Å². The predicted molar refractivity (Wildman–Crippen MR) is 83.9 cm³/mol. The van der Waals surface area contributed by atoms with Crippen LogP contribution < -0.4 is 5.32 Å². The molecule has 0 aliphatic heterocycles. The third-order valence-electron chi connectivity index (χ3n) is 2.84. The minimum absolute atomic E-state index is 0.287. The molecule has 4 heteroatoms. The molecule has 2 rings (SSSR count). The van der Waals surface area contributed by atoms with E-state index in [1.807, 2.05) is 30.3 Å². The molecule has 0 aromatic heterocycles. The third kappa shape index (κ3) is 3.84. The number of hydrogen-bond acceptors (Lipinski definition) is 3. The fraction of sp³-hybridized carbons (Fsp3) is 0.188. The quantitative estimate of drug-likeness (QED) is 0.832. The molecule has 3 nitrogen and oxygen atoms in total. The smallest absolute Gasteiger partial charge is 0.338 e. The van der Waals surface area contributed by atoms with E-state index in [9.17, 15) is 4.79 Å². The van der Waals surface area contributed by atoms with E-state index in [2.05, 4.69) is 27.3 Å². The molecule has 0 unspecified atom stereocenters. The number of esters is 1. The van der Waals surface area contributed by atoms with Crippen molar-refractivity contribution in [3.8, 4) is 0 Å². The fourth-order valence-corrected chi connectivity index (χ4v) is 2.20. The number of hydrogen-bond donors (Lipinski definition) is 1. The van der Waals surface area contributed by atoms with Crippen LogP contribution in [0.1, 0.15) is 22.8 Å². The minimum atomic E-state index is -0.287. The standard InChI is InChI=1S/C16H16BrNO2/c1-2-20-16(19)12-7-9-14(10-8-12)18-11-13-5-3-4-6-15(13)17/h3-10,18H,2,11H2,1H3. The van der Waals surface area contributed by atoms with Crippen LogP contribution in [0.3, 0.4) is 0 Å². The van der Waals surface area contributed by atoms with E-state index < -0.39 is 0 Å². The Bertz CT molecular complexity index is 581. The summed E-state index contributed by atoms with van der Waals surface area (Å²) in [6.45, 7) is 2.91. The number of halogens is 1. The fourth-order valence-electron chi connectivity index (χ4n) is 1.78. The maximum Gasteiger partial charge on any atom is 0.338 e. The topological polar surface area (TPSA) is 38.3 Å². The summed E-state index contributed by atoms with van der Waals surface area (Å²) < 4.78 is 6.03. The summed E-state index contributed by atoms with van der Waals surface area (Å²) in [4.78, 5) is 11.5. The Balaban J connectivity index is 1.98. The van der Waals surface area contributed by atoms with E-state index in [4.69, 9.17) is 4.74 Å². The van der Waals surface area contributed by atoms with Crippen molar-refractivity contribution in [2.45, 2.75) is 13.5 Å². The molecule has 2 aromatic rings. The lowest BCUT2D eigenvalue weighted by molar-refractivity contribution is 0.0526. The number of ether oxygens (including phenoxy) is 1. The lowest BCUT2D eigenvalue weighted by Gasteiger charge is -2.09. The molecule has 0 aliphatic carbocycles. The largest absolute Gasteiger partial charge is 0.462 e. The van der Waals surface area contributed by atoms with Crippen molar-refractivity contribution in [1.29, 1.82) is 0 Å². The summed E-state index contributed by atoms with van der Waals surface area (Å²) in [5.74, 6) is -0.287. The van der Waals surface area contributed by atoms with Gasteiger partial charge in [0.2, 0.25) is 0 Å². The Labute approximate surface area is 127 Å². The van der Waals surface area contributed by atoms with Gasteiger partial charge in [-0.05, 0) is 42.8 Å². The molecule has 0 aliphatic rings. The number of nitrogens with one attached hydrogen (secondary N) is 1. The first kappa shape index (κ1) is 14.6. The van der Waals surface area contributed by atoms with Crippen LogP contribution in [0.15, 0.2) is 53.0 Å². The van der Waals surface area contributed by atoms with Crippen LogP contribution in [0, 0.1) is 0 Å². The van der Waals surface area contributed by atoms with Gasteiger partial charge in [0.05, 0.1) is 12.2 Å². The van der Waals surface area contributed by atoms with Gasteiger partial charge >= 0.3 is 5.97 Å². The molecule has 0 atom stereocenters. The first-order valence-corrected chi connectivity index (χ1v) is 7.24. The first-order valence-electron chi connectivity index (χ1n) is 6.45. The van der Waals surface area contributed by atoms with Crippen LogP contribution in [0.4, 0.5) is 5.69 Å². The average Bonchev–Trinajstić information content (AvgIpc) is 2.47. The molecule has 0 spiro atoms. The number of rotatable bonds is 5. The van der Waals surface area contributed by atoms with Crippen LogP contribution in [0.25, 0.3) is 0 Å². The molecular weight excluding hydrogens is 318 g/mol. The SMILES string of the molecule is CCOC(=O)c1ccc(NCc2ccccc2Br)cc1. The molecule has 0 heterocycles. The number of carbonyl (C=O) groups is 1. The zero-order valence-electron chi connectivity index (χ0n) is 11.2. The van der Waals surface area contributed by atoms with Gasteiger partial charge in [0.25, 0.3) is 0 Å². The molecule has 20 heavy (non-hydrogen) atoms. The van der Waals surface area contributed by atoms with Gasteiger partial charge in [0.15, 0.2) is 0 Å². The highest BCUT2D eigenvalue weighted by Gasteiger charge is 2.05. The zero-order chi connectivity index (χ0) is 14.4. The molecule has 1 N–H and O–H groups in total. The summed E-state index contributed by atoms with van der Waals surface area (Å²) in [6.07, 6.45) is 0. The highest BCUT2D eigenvalue weighted by atomic mass is 79.9. The molecule has 0 radical (unpaired) electrons. The molecule has 0 bridgehead atoms. The maximum atomic E-state index is 11.5. The second-order valence-electron chi connectivity index (χ2n) is 4.24. The van der Waals surface area contributed by atoms with Gasteiger partial charge in [-0.25, -0.2) is 4.79 Å².